The number of ketones is 1. The number of hydrogen-bond acceptors (Lipinski definition) is 4. The Labute approximate surface area is 105 Å². The number of nitrogens with two attached hydrogens (primary N) is 1. The van der Waals surface area contributed by atoms with Gasteiger partial charge in [0, 0.05) is 18.6 Å². The third-order valence-electron chi connectivity index (χ3n) is 3.12. The lowest BCUT2D eigenvalue weighted by Gasteiger charge is -2.12. The van der Waals surface area contributed by atoms with Gasteiger partial charge in [-0.3, -0.25) is 4.79 Å². The van der Waals surface area contributed by atoms with Gasteiger partial charge in [-0.15, -0.1) is 0 Å². The lowest BCUT2D eigenvalue weighted by molar-refractivity contribution is -0.119. The monoisotopic (exact) mass is 263 g/mol. The van der Waals surface area contributed by atoms with Gasteiger partial charge in [0.15, 0.2) is 0 Å². The van der Waals surface area contributed by atoms with Crippen molar-refractivity contribution in [3.8, 4) is 0 Å². The van der Waals surface area contributed by atoms with Gasteiger partial charge in [-0.25, -0.2) is 8.42 Å². The average molecular weight is 263 g/mol. The van der Waals surface area contributed by atoms with Gasteiger partial charge >= 0.3 is 0 Å². The highest BCUT2D eigenvalue weighted by Gasteiger charge is 2.13. The first-order chi connectivity index (χ1) is 7.95. The maximum Gasteiger partial charge on any atom is 0.150 e. The van der Waals surface area contributed by atoms with Gasteiger partial charge in [0.2, 0.25) is 0 Å². The first-order valence-corrected chi connectivity index (χ1v) is 8.19. The molecule has 0 spiro atoms. The molecule has 4 nitrogen and oxygen atoms in total. The van der Waals surface area contributed by atoms with Crippen molar-refractivity contribution in [2.75, 3.05) is 18.1 Å². The standard InChI is InChI=1S/C12H25NO3S/c1-3-11(7-9-13)5-6-12(14)8-10-17(15,16)4-2/h11H,3-10,13H2,1-2H3. The van der Waals surface area contributed by atoms with E-state index in [1.54, 1.807) is 6.92 Å². The molecule has 5 heteroatoms. The van der Waals surface area contributed by atoms with Crippen molar-refractivity contribution in [1.29, 1.82) is 0 Å². The molecule has 0 amide bonds. The van der Waals surface area contributed by atoms with Crippen LogP contribution in [-0.4, -0.2) is 32.3 Å². The van der Waals surface area contributed by atoms with Gasteiger partial charge in [-0.05, 0) is 25.3 Å². The lowest BCUT2D eigenvalue weighted by Crippen LogP contribution is -2.14. The summed E-state index contributed by atoms with van der Waals surface area (Å²) in [5, 5.41) is 0. The van der Waals surface area contributed by atoms with Crippen LogP contribution in [0.5, 0.6) is 0 Å². The van der Waals surface area contributed by atoms with Gasteiger partial charge in [0.1, 0.15) is 15.6 Å². The maximum absolute atomic E-state index is 11.5. The third-order valence-corrected chi connectivity index (χ3v) is 4.82. The zero-order chi connectivity index (χ0) is 13.3. The minimum Gasteiger partial charge on any atom is -0.330 e. The predicted molar refractivity (Wildman–Crippen MR) is 70.6 cm³/mol. The minimum atomic E-state index is -3.01. The maximum atomic E-state index is 11.5. The van der Waals surface area contributed by atoms with Crippen LogP contribution in [0.1, 0.15) is 46.0 Å². The SMILES string of the molecule is CCC(CCN)CCC(=O)CCS(=O)(=O)CC. The summed E-state index contributed by atoms with van der Waals surface area (Å²) in [6.45, 7) is 4.34. The minimum absolute atomic E-state index is 0.00395. The van der Waals surface area contributed by atoms with Crippen LogP contribution in [0.25, 0.3) is 0 Å². The van der Waals surface area contributed by atoms with Crippen LogP contribution in [-0.2, 0) is 14.6 Å². The highest BCUT2D eigenvalue weighted by atomic mass is 32.2. The Morgan fingerprint density at radius 3 is 2.29 bits per heavy atom. The van der Waals surface area contributed by atoms with Gasteiger partial charge in [-0.2, -0.15) is 0 Å². The fourth-order valence-electron chi connectivity index (χ4n) is 1.69. The molecule has 17 heavy (non-hydrogen) atoms. The van der Waals surface area contributed by atoms with E-state index in [0.717, 1.165) is 19.3 Å². The Morgan fingerprint density at radius 1 is 1.18 bits per heavy atom. The van der Waals surface area contributed by atoms with Crippen LogP contribution in [0.2, 0.25) is 0 Å². The van der Waals surface area contributed by atoms with Crippen molar-refractivity contribution < 1.29 is 13.2 Å². The first kappa shape index (κ1) is 16.6. The van der Waals surface area contributed by atoms with E-state index in [9.17, 15) is 13.2 Å². The van der Waals surface area contributed by atoms with Crippen molar-refractivity contribution in [2.45, 2.75) is 46.0 Å². The summed E-state index contributed by atoms with van der Waals surface area (Å²) in [7, 11) is -3.01. The number of rotatable bonds is 10. The van der Waals surface area contributed by atoms with E-state index < -0.39 is 9.84 Å². The van der Waals surface area contributed by atoms with Crippen LogP contribution < -0.4 is 5.73 Å². The second-order valence-electron chi connectivity index (χ2n) is 4.42. The van der Waals surface area contributed by atoms with Gasteiger partial charge in [0.25, 0.3) is 0 Å². The number of Topliss-reactive ketones (excluding diaryl/α,β-unsaturated/α-hetero) is 1. The van der Waals surface area contributed by atoms with E-state index in [1.165, 1.54) is 0 Å². The molecule has 0 saturated heterocycles. The molecule has 1 atom stereocenters. The van der Waals surface area contributed by atoms with Crippen molar-refractivity contribution in [2.24, 2.45) is 11.7 Å². The Hall–Kier alpha value is -0.420. The Morgan fingerprint density at radius 2 is 1.82 bits per heavy atom. The summed E-state index contributed by atoms with van der Waals surface area (Å²) < 4.78 is 22.5. The molecular formula is C12H25NO3S. The second kappa shape index (κ2) is 8.64. The molecule has 0 aromatic carbocycles. The Kier molecular flexibility index (Phi) is 8.43. The number of hydrogen-bond donors (Lipinski definition) is 1. The van der Waals surface area contributed by atoms with Gasteiger partial charge in [-0.1, -0.05) is 20.3 Å². The van der Waals surface area contributed by atoms with E-state index in [4.69, 9.17) is 5.73 Å². The molecule has 0 aromatic rings. The summed E-state index contributed by atoms with van der Waals surface area (Å²) in [5.74, 6) is 0.658. The molecule has 0 heterocycles. The number of sulfone groups is 1. The van der Waals surface area contributed by atoms with Crippen molar-refractivity contribution in [3.63, 3.8) is 0 Å². The quantitative estimate of drug-likeness (QED) is 0.648. The molecule has 102 valence electrons. The fraction of sp³-hybridized carbons (Fsp3) is 0.917. The van der Waals surface area contributed by atoms with Crippen LogP contribution in [0.15, 0.2) is 0 Å². The Bertz CT molecular complexity index is 312. The predicted octanol–water partition coefficient (Wildman–Crippen LogP) is 1.54. The van der Waals surface area contributed by atoms with Crippen LogP contribution in [0, 0.1) is 5.92 Å². The molecule has 0 rings (SSSR count). The molecule has 1 unspecified atom stereocenters. The molecule has 2 N–H and O–H groups in total. The van der Waals surface area contributed by atoms with Crippen LogP contribution >= 0.6 is 0 Å². The normalized spacial score (nSPS) is 13.6. The molecule has 0 aliphatic carbocycles. The largest absolute Gasteiger partial charge is 0.330 e. The van der Waals surface area contributed by atoms with E-state index in [-0.39, 0.29) is 23.7 Å². The molecule has 0 aromatic heterocycles. The molecule has 0 fully saturated rings. The van der Waals surface area contributed by atoms with E-state index >= 15 is 0 Å². The zero-order valence-electron chi connectivity index (χ0n) is 10.9. The number of carbonyl (C=O) groups excluding carboxylic acids is 1. The van der Waals surface area contributed by atoms with Crippen molar-refractivity contribution >= 4 is 15.6 Å². The second-order valence-corrected chi connectivity index (χ2v) is 6.89. The van der Waals surface area contributed by atoms with Gasteiger partial charge < -0.3 is 5.73 Å². The number of carbonyl (C=O) groups is 1. The highest BCUT2D eigenvalue weighted by Crippen LogP contribution is 2.15. The lowest BCUT2D eigenvalue weighted by atomic mass is 9.95. The zero-order valence-corrected chi connectivity index (χ0v) is 11.8. The molecular weight excluding hydrogens is 238 g/mol. The Balaban J connectivity index is 3.87. The van der Waals surface area contributed by atoms with E-state index in [1.807, 2.05) is 0 Å². The first-order valence-electron chi connectivity index (χ1n) is 6.37. The van der Waals surface area contributed by atoms with Crippen molar-refractivity contribution in [1.82, 2.24) is 0 Å². The molecule has 0 bridgehead atoms. The smallest absolute Gasteiger partial charge is 0.150 e. The van der Waals surface area contributed by atoms with Crippen molar-refractivity contribution in [3.05, 3.63) is 0 Å². The molecule has 0 aliphatic rings. The van der Waals surface area contributed by atoms with Crippen LogP contribution in [0.3, 0.4) is 0 Å². The highest BCUT2D eigenvalue weighted by molar-refractivity contribution is 7.91. The molecule has 0 radical (unpaired) electrons. The molecule has 0 aliphatic heterocycles. The molecule has 0 saturated carbocycles. The summed E-state index contributed by atoms with van der Waals surface area (Å²) in [4.78, 5) is 11.5. The van der Waals surface area contributed by atoms with E-state index in [2.05, 4.69) is 6.92 Å². The van der Waals surface area contributed by atoms with Crippen LogP contribution in [0.4, 0.5) is 0 Å². The van der Waals surface area contributed by atoms with Gasteiger partial charge in [0.05, 0.1) is 5.75 Å². The summed E-state index contributed by atoms with van der Waals surface area (Å²) >= 11 is 0. The summed E-state index contributed by atoms with van der Waals surface area (Å²) in [5.41, 5.74) is 5.48. The summed E-state index contributed by atoms with van der Waals surface area (Å²) in [6, 6.07) is 0. The topological polar surface area (TPSA) is 77.2 Å². The summed E-state index contributed by atoms with van der Waals surface area (Å²) in [6.07, 6.45) is 3.44. The van der Waals surface area contributed by atoms with E-state index in [0.29, 0.717) is 18.9 Å². The fourth-order valence-corrected chi connectivity index (χ4v) is 2.52. The third kappa shape index (κ3) is 8.32. The average Bonchev–Trinajstić information content (AvgIpc) is 2.32.